The van der Waals surface area contributed by atoms with Crippen molar-refractivity contribution in [3.05, 3.63) is 65.0 Å². The average molecular weight is 315 g/mol. The molecule has 1 amide bonds. The first-order chi connectivity index (χ1) is 11.0. The minimum atomic E-state index is -1.07. The zero-order valence-corrected chi connectivity index (χ0v) is 12.8. The zero-order valence-electron chi connectivity index (χ0n) is 12.8. The van der Waals surface area contributed by atoms with Crippen LogP contribution in [0.1, 0.15) is 27.9 Å². The Morgan fingerprint density at radius 2 is 2.13 bits per heavy atom. The van der Waals surface area contributed by atoms with Gasteiger partial charge in [-0.15, -0.1) is 0 Å². The van der Waals surface area contributed by atoms with Crippen molar-refractivity contribution in [2.24, 2.45) is 0 Å². The molecule has 0 heterocycles. The van der Waals surface area contributed by atoms with Crippen LogP contribution >= 0.6 is 0 Å². The monoisotopic (exact) mass is 315 g/mol. The van der Waals surface area contributed by atoms with Crippen molar-refractivity contribution in [2.45, 2.75) is 18.4 Å². The first-order valence-electron chi connectivity index (χ1n) is 7.46. The molecule has 0 fully saturated rings. The Morgan fingerprint density at radius 3 is 2.87 bits per heavy atom. The van der Waals surface area contributed by atoms with Crippen LogP contribution in [0.4, 0.5) is 4.39 Å². The molecule has 5 heteroatoms. The van der Waals surface area contributed by atoms with Crippen molar-refractivity contribution in [1.82, 2.24) is 5.32 Å². The van der Waals surface area contributed by atoms with E-state index < -0.39 is 17.3 Å². The van der Waals surface area contributed by atoms with Crippen LogP contribution < -0.4 is 10.1 Å². The molecule has 0 aromatic heterocycles. The van der Waals surface area contributed by atoms with Gasteiger partial charge in [-0.25, -0.2) is 4.39 Å². The minimum Gasteiger partial charge on any atom is -0.494 e. The Hall–Kier alpha value is -2.40. The topological polar surface area (TPSA) is 58.6 Å². The molecule has 2 N–H and O–H groups in total. The van der Waals surface area contributed by atoms with Crippen LogP contribution in [0.15, 0.2) is 42.5 Å². The number of methoxy groups -OCH3 is 1. The first-order valence-corrected chi connectivity index (χ1v) is 7.46. The second-order valence-electron chi connectivity index (χ2n) is 5.72. The molecule has 1 aliphatic carbocycles. The smallest absolute Gasteiger partial charge is 0.251 e. The van der Waals surface area contributed by atoms with E-state index in [1.165, 1.54) is 19.2 Å². The molecule has 1 atom stereocenters. The number of hydrogen-bond acceptors (Lipinski definition) is 3. The lowest BCUT2D eigenvalue weighted by molar-refractivity contribution is 0.0369. The third-order valence-electron chi connectivity index (χ3n) is 4.28. The van der Waals surface area contributed by atoms with Gasteiger partial charge in [0.1, 0.15) is 5.60 Å². The maximum Gasteiger partial charge on any atom is 0.251 e. The van der Waals surface area contributed by atoms with Crippen molar-refractivity contribution in [3.63, 3.8) is 0 Å². The van der Waals surface area contributed by atoms with E-state index in [2.05, 4.69) is 5.32 Å². The van der Waals surface area contributed by atoms with Crippen LogP contribution in [0.25, 0.3) is 0 Å². The largest absolute Gasteiger partial charge is 0.494 e. The highest BCUT2D eigenvalue weighted by Crippen LogP contribution is 2.36. The summed E-state index contributed by atoms with van der Waals surface area (Å²) in [5, 5.41) is 13.5. The fraction of sp³-hybridized carbons (Fsp3) is 0.278. The molecule has 2 aromatic carbocycles. The van der Waals surface area contributed by atoms with E-state index >= 15 is 0 Å². The van der Waals surface area contributed by atoms with Crippen molar-refractivity contribution in [1.29, 1.82) is 0 Å². The van der Waals surface area contributed by atoms with Crippen LogP contribution in [0.3, 0.4) is 0 Å². The number of aliphatic hydroxyl groups is 1. The SMILES string of the molecule is COc1ccc(C(=O)NC[C@]2(O)CCc3ccccc32)cc1F. The number of fused-ring (bicyclic) bond motifs is 1. The number of rotatable bonds is 4. The molecule has 0 unspecified atom stereocenters. The highest BCUT2D eigenvalue weighted by atomic mass is 19.1. The van der Waals surface area contributed by atoms with Crippen molar-refractivity contribution in [2.75, 3.05) is 13.7 Å². The molecule has 3 rings (SSSR count). The Balaban J connectivity index is 1.71. The van der Waals surface area contributed by atoms with Gasteiger partial charge in [-0.1, -0.05) is 24.3 Å². The number of ether oxygens (including phenoxy) is 1. The van der Waals surface area contributed by atoms with Gasteiger partial charge in [-0.3, -0.25) is 4.79 Å². The second-order valence-corrected chi connectivity index (χ2v) is 5.72. The fourth-order valence-electron chi connectivity index (χ4n) is 2.99. The molecule has 23 heavy (non-hydrogen) atoms. The van der Waals surface area contributed by atoms with Gasteiger partial charge in [0.05, 0.1) is 13.7 Å². The highest BCUT2D eigenvalue weighted by Gasteiger charge is 2.36. The summed E-state index contributed by atoms with van der Waals surface area (Å²) < 4.78 is 18.5. The van der Waals surface area contributed by atoms with Crippen LogP contribution in [-0.4, -0.2) is 24.7 Å². The summed E-state index contributed by atoms with van der Waals surface area (Å²) >= 11 is 0. The van der Waals surface area contributed by atoms with E-state index in [0.29, 0.717) is 6.42 Å². The zero-order chi connectivity index (χ0) is 16.4. The molecule has 120 valence electrons. The lowest BCUT2D eigenvalue weighted by Gasteiger charge is -2.24. The minimum absolute atomic E-state index is 0.0879. The number of amides is 1. The van der Waals surface area contributed by atoms with Crippen LogP contribution in [0.2, 0.25) is 0 Å². The van der Waals surface area contributed by atoms with Crippen molar-refractivity contribution >= 4 is 5.91 Å². The number of benzene rings is 2. The van der Waals surface area contributed by atoms with Gasteiger partial charge in [0, 0.05) is 5.56 Å². The predicted molar refractivity (Wildman–Crippen MR) is 83.9 cm³/mol. The molecule has 0 aliphatic heterocycles. The van der Waals surface area contributed by atoms with Crippen LogP contribution in [-0.2, 0) is 12.0 Å². The Kier molecular flexibility index (Phi) is 4.05. The molecule has 4 nitrogen and oxygen atoms in total. The summed E-state index contributed by atoms with van der Waals surface area (Å²) in [6.07, 6.45) is 1.34. The van der Waals surface area contributed by atoms with E-state index in [-0.39, 0.29) is 17.9 Å². The highest BCUT2D eigenvalue weighted by molar-refractivity contribution is 5.94. The van der Waals surface area contributed by atoms with Gasteiger partial charge in [0.15, 0.2) is 11.6 Å². The molecule has 0 saturated heterocycles. The van der Waals surface area contributed by atoms with E-state index in [9.17, 15) is 14.3 Å². The maximum atomic E-state index is 13.7. The average Bonchev–Trinajstić information content (AvgIpc) is 2.91. The maximum absolute atomic E-state index is 13.7. The summed E-state index contributed by atoms with van der Waals surface area (Å²) in [6.45, 7) is 0.0937. The summed E-state index contributed by atoms with van der Waals surface area (Å²) in [5.41, 5.74) is 1.07. The third-order valence-corrected chi connectivity index (χ3v) is 4.28. The molecular weight excluding hydrogens is 297 g/mol. The van der Waals surface area contributed by atoms with Crippen LogP contribution in [0.5, 0.6) is 5.75 Å². The van der Waals surface area contributed by atoms with Gasteiger partial charge in [-0.2, -0.15) is 0 Å². The second kappa shape index (κ2) is 6.01. The third kappa shape index (κ3) is 2.92. The molecule has 0 saturated carbocycles. The molecule has 1 aliphatic rings. The van der Waals surface area contributed by atoms with E-state index in [0.717, 1.165) is 23.6 Å². The molecule has 2 aromatic rings. The summed E-state index contributed by atoms with van der Waals surface area (Å²) in [5.74, 6) is -0.931. The molecular formula is C18H18FNO3. The van der Waals surface area contributed by atoms with Gasteiger partial charge < -0.3 is 15.2 Å². The molecule has 0 bridgehead atoms. The number of nitrogens with one attached hydrogen (secondary N) is 1. The number of aryl methyl sites for hydroxylation is 1. The Morgan fingerprint density at radius 1 is 1.35 bits per heavy atom. The number of carbonyl (C=O) groups is 1. The van der Waals surface area contributed by atoms with Gasteiger partial charge >= 0.3 is 0 Å². The molecule has 0 spiro atoms. The Labute approximate surface area is 133 Å². The Bertz CT molecular complexity index is 747. The lowest BCUT2D eigenvalue weighted by Crippen LogP contribution is -2.39. The van der Waals surface area contributed by atoms with Crippen LogP contribution in [0, 0.1) is 5.82 Å². The number of hydrogen-bond donors (Lipinski definition) is 2. The lowest BCUT2D eigenvalue weighted by atomic mass is 9.96. The van der Waals surface area contributed by atoms with Gasteiger partial charge in [0.2, 0.25) is 0 Å². The summed E-state index contributed by atoms with van der Waals surface area (Å²) in [7, 11) is 1.37. The summed E-state index contributed by atoms with van der Waals surface area (Å²) in [6, 6.07) is 11.7. The van der Waals surface area contributed by atoms with Crippen molar-refractivity contribution in [3.8, 4) is 5.75 Å². The predicted octanol–water partition coefficient (Wildman–Crippen LogP) is 2.40. The quantitative estimate of drug-likeness (QED) is 0.911. The molecule has 0 radical (unpaired) electrons. The standard InChI is InChI=1S/C18H18FNO3/c1-23-16-7-6-13(10-15(16)19)17(21)20-11-18(22)9-8-12-4-2-3-5-14(12)18/h2-7,10,22H,8-9,11H2,1H3,(H,20,21)/t18-/m1/s1. The number of halogens is 1. The summed E-state index contributed by atoms with van der Waals surface area (Å²) in [4.78, 5) is 12.2. The van der Waals surface area contributed by atoms with Gasteiger partial charge in [0.25, 0.3) is 5.91 Å². The van der Waals surface area contributed by atoms with E-state index in [1.807, 2.05) is 24.3 Å². The van der Waals surface area contributed by atoms with E-state index in [1.54, 1.807) is 0 Å². The normalized spacial score (nSPS) is 19.3. The van der Waals surface area contributed by atoms with E-state index in [4.69, 9.17) is 4.74 Å². The van der Waals surface area contributed by atoms with Crippen molar-refractivity contribution < 1.29 is 19.0 Å². The number of carbonyl (C=O) groups excluding carboxylic acids is 1. The van der Waals surface area contributed by atoms with Gasteiger partial charge in [-0.05, 0) is 42.2 Å². The fourth-order valence-corrected chi connectivity index (χ4v) is 2.99. The first kappa shape index (κ1) is 15.5.